The monoisotopic (exact) mass is 336 g/mol. The number of nitriles is 1. The van der Waals surface area contributed by atoms with E-state index in [0.29, 0.717) is 36.1 Å². The van der Waals surface area contributed by atoms with Crippen LogP contribution in [0.4, 0.5) is 14.5 Å². The van der Waals surface area contributed by atoms with Crippen molar-refractivity contribution in [2.45, 2.75) is 51.5 Å². The van der Waals surface area contributed by atoms with Crippen molar-refractivity contribution in [3.63, 3.8) is 0 Å². The highest BCUT2D eigenvalue weighted by atomic mass is 19.3. The molecule has 2 rings (SSSR count). The van der Waals surface area contributed by atoms with Crippen LogP contribution in [0.2, 0.25) is 0 Å². The molecular weight excluding hydrogens is 314 g/mol. The van der Waals surface area contributed by atoms with E-state index in [9.17, 15) is 18.8 Å². The first-order valence-corrected chi connectivity index (χ1v) is 8.10. The van der Waals surface area contributed by atoms with Crippen molar-refractivity contribution in [1.29, 1.82) is 5.26 Å². The summed E-state index contributed by atoms with van der Waals surface area (Å²) < 4.78 is 31.7. The van der Waals surface area contributed by atoms with E-state index in [-0.39, 0.29) is 18.9 Å². The van der Waals surface area contributed by atoms with Gasteiger partial charge in [-0.2, -0.15) is 5.26 Å². The van der Waals surface area contributed by atoms with Gasteiger partial charge in [0.1, 0.15) is 0 Å². The Hall–Kier alpha value is -2.16. The molecule has 1 aromatic carbocycles. The Balaban J connectivity index is 2.41. The third-order valence-electron chi connectivity index (χ3n) is 4.69. The van der Waals surface area contributed by atoms with E-state index in [1.54, 1.807) is 13.0 Å². The van der Waals surface area contributed by atoms with E-state index >= 15 is 0 Å². The van der Waals surface area contributed by atoms with Crippen molar-refractivity contribution >= 4 is 11.7 Å². The molecule has 0 N–H and O–H groups in total. The van der Waals surface area contributed by atoms with Crippen molar-refractivity contribution < 1.29 is 18.3 Å². The van der Waals surface area contributed by atoms with Gasteiger partial charge in [-0.3, -0.25) is 0 Å². The van der Waals surface area contributed by atoms with Crippen LogP contribution >= 0.6 is 0 Å². The summed E-state index contributed by atoms with van der Waals surface area (Å²) in [6.45, 7) is 4.36. The minimum atomic E-state index is -2.59. The summed E-state index contributed by atoms with van der Waals surface area (Å²) >= 11 is 0. The van der Waals surface area contributed by atoms with Crippen molar-refractivity contribution in [3.05, 3.63) is 28.8 Å². The van der Waals surface area contributed by atoms with Crippen molar-refractivity contribution in [1.82, 2.24) is 0 Å². The number of carbonyl (C=O) groups excluding carboxylic acids is 1. The zero-order valence-corrected chi connectivity index (χ0v) is 14.2. The third kappa shape index (κ3) is 3.66. The predicted octanol–water partition coefficient (Wildman–Crippen LogP) is 4.06. The van der Waals surface area contributed by atoms with Gasteiger partial charge in [-0.15, -0.1) is 0 Å². The first-order chi connectivity index (χ1) is 11.3. The number of carbonyl (C=O) groups is 1. The molecule has 6 heteroatoms. The van der Waals surface area contributed by atoms with Gasteiger partial charge in [0, 0.05) is 31.1 Å². The van der Waals surface area contributed by atoms with E-state index in [1.165, 1.54) is 13.2 Å². The first-order valence-electron chi connectivity index (χ1n) is 8.10. The second kappa shape index (κ2) is 7.16. The molecular formula is C18H22F2N2O2. The number of anilines is 1. The van der Waals surface area contributed by atoms with E-state index in [0.717, 1.165) is 5.69 Å². The van der Waals surface area contributed by atoms with Gasteiger partial charge in [0.25, 0.3) is 0 Å². The number of halogens is 2. The van der Waals surface area contributed by atoms with Crippen LogP contribution in [0.3, 0.4) is 0 Å². The molecule has 0 radical (unpaired) electrons. The lowest BCUT2D eigenvalue weighted by molar-refractivity contribution is -0.0380. The van der Waals surface area contributed by atoms with Crippen LogP contribution in [-0.4, -0.2) is 31.6 Å². The summed E-state index contributed by atoms with van der Waals surface area (Å²) in [5, 5.41) is 9.25. The summed E-state index contributed by atoms with van der Waals surface area (Å²) in [4.78, 5) is 14.0. The number of alkyl halides is 2. The fourth-order valence-electron chi connectivity index (χ4n) is 3.35. The lowest BCUT2D eigenvalue weighted by Crippen LogP contribution is -2.41. The Morgan fingerprint density at radius 1 is 1.42 bits per heavy atom. The molecule has 0 atom stereocenters. The molecule has 0 saturated heterocycles. The van der Waals surface area contributed by atoms with E-state index in [4.69, 9.17) is 4.74 Å². The summed E-state index contributed by atoms with van der Waals surface area (Å²) in [5.74, 6) is -3.09. The van der Waals surface area contributed by atoms with Crippen LogP contribution in [0.1, 0.15) is 54.1 Å². The number of nitrogens with zero attached hydrogens (tertiary/aromatic N) is 2. The molecule has 1 aliphatic rings. The molecule has 0 unspecified atom stereocenters. The molecule has 1 fully saturated rings. The Morgan fingerprint density at radius 2 is 2.04 bits per heavy atom. The summed E-state index contributed by atoms with van der Waals surface area (Å²) in [6.07, 6.45) is 0.527. The number of rotatable bonds is 4. The van der Waals surface area contributed by atoms with Crippen LogP contribution in [-0.2, 0) is 4.74 Å². The lowest BCUT2D eigenvalue weighted by atomic mass is 9.90. The van der Waals surface area contributed by atoms with Crippen LogP contribution in [0, 0.1) is 18.3 Å². The van der Waals surface area contributed by atoms with Crippen molar-refractivity contribution in [3.8, 4) is 6.07 Å². The number of hydrogen-bond acceptors (Lipinski definition) is 4. The van der Waals surface area contributed by atoms with Gasteiger partial charge >= 0.3 is 5.97 Å². The highest BCUT2D eigenvalue weighted by molar-refractivity contribution is 5.93. The Bertz CT molecular complexity index is 658. The van der Waals surface area contributed by atoms with Gasteiger partial charge in [-0.05, 0) is 44.4 Å². The summed E-state index contributed by atoms with van der Waals surface area (Å²) in [7, 11) is 1.29. The van der Waals surface area contributed by atoms with Gasteiger partial charge in [0.2, 0.25) is 5.92 Å². The van der Waals surface area contributed by atoms with Crippen LogP contribution in [0.15, 0.2) is 12.1 Å². The molecule has 24 heavy (non-hydrogen) atoms. The molecule has 0 aromatic heterocycles. The Labute approximate surface area is 141 Å². The Kier molecular flexibility index (Phi) is 5.43. The second-order valence-electron chi connectivity index (χ2n) is 6.14. The van der Waals surface area contributed by atoms with E-state index in [1.807, 2.05) is 11.8 Å². The van der Waals surface area contributed by atoms with E-state index < -0.39 is 11.9 Å². The van der Waals surface area contributed by atoms with E-state index in [2.05, 4.69) is 6.07 Å². The molecule has 130 valence electrons. The third-order valence-corrected chi connectivity index (χ3v) is 4.69. The fourth-order valence-corrected chi connectivity index (χ4v) is 3.35. The van der Waals surface area contributed by atoms with Crippen molar-refractivity contribution in [2.75, 3.05) is 18.6 Å². The quantitative estimate of drug-likeness (QED) is 0.778. The minimum Gasteiger partial charge on any atom is -0.465 e. The maximum atomic E-state index is 13.4. The van der Waals surface area contributed by atoms with Gasteiger partial charge in [0.05, 0.1) is 24.3 Å². The Morgan fingerprint density at radius 3 is 2.54 bits per heavy atom. The topological polar surface area (TPSA) is 53.3 Å². The average molecular weight is 336 g/mol. The lowest BCUT2D eigenvalue weighted by Gasteiger charge is -2.38. The molecule has 0 heterocycles. The zero-order valence-electron chi connectivity index (χ0n) is 14.2. The molecule has 0 spiro atoms. The molecule has 4 nitrogen and oxygen atoms in total. The number of esters is 1. The smallest absolute Gasteiger partial charge is 0.338 e. The number of methoxy groups -OCH3 is 1. The minimum absolute atomic E-state index is 0.0206. The molecule has 1 saturated carbocycles. The first kappa shape index (κ1) is 18.2. The normalized spacial score (nSPS) is 17.2. The van der Waals surface area contributed by atoms with Gasteiger partial charge in [0.15, 0.2) is 0 Å². The standard InChI is InChI=1S/C18H22F2N2O2/c1-4-22(14-5-7-18(19,20)8-6-14)16-10-13(11-21)9-15(12(16)2)17(23)24-3/h9-10,14H,4-8H2,1-3H3. The predicted molar refractivity (Wildman–Crippen MR) is 87.5 cm³/mol. The van der Waals surface area contributed by atoms with Gasteiger partial charge in [-0.1, -0.05) is 0 Å². The largest absolute Gasteiger partial charge is 0.465 e. The van der Waals surface area contributed by atoms with Crippen LogP contribution in [0.25, 0.3) is 0 Å². The highest BCUT2D eigenvalue weighted by Gasteiger charge is 2.37. The average Bonchev–Trinajstić information content (AvgIpc) is 2.57. The molecule has 1 aromatic rings. The zero-order chi connectivity index (χ0) is 17.9. The number of benzene rings is 1. The van der Waals surface area contributed by atoms with Gasteiger partial charge in [-0.25, -0.2) is 13.6 Å². The summed E-state index contributed by atoms with van der Waals surface area (Å²) in [5.41, 5.74) is 2.15. The SMILES string of the molecule is CCN(c1cc(C#N)cc(C(=O)OC)c1C)C1CCC(F)(F)CC1. The van der Waals surface area contributed by atoms with Gasteiger partial charge < -0.3 is 9.64 Å². The highest BCUT2D eigenvalue weighted by Crippen LogP contribution is 2.37. The number of hydrogen-bond donors (Lipinski definition) is 0. The van der Waals surface area contributed by atoms with Crippen molar-refractivity contribution in [2.24, 2.45) is 0 Å². The van der Waals surface area contributed by atoms with Crippen LogP contribution < -0.4 is 4.90 Å². The molecule has 1 aliphatic carbocycles. The number of ether oxygens (including phenoxy) is 1. The fraction of sp³-hybridized carbons (Fsp3) is 0.556. The second-order valence-corrected chi connectivity index (χ2v) is 6.14. The maximum absolute atomic E-state index is 13.4. The summed E-state index contributed by atoms with van der Waals surface area (Å²) in [6, 6.07) is 5.26. The molecule has 0 aliphatic heterocycles. The van der Waals surface area contributed by atoms with Crippen LogP contribution in [0.5, 0.6) is 0 Å². The molecule has 0 amide bonds. The molecule has 0 bridgehead atoms. The maximum Gasteiger partial charge on any atom is 0.338 e.